The molecule has 3 nitrogen and oxygen atoms in total. The zero-order valence-electron chi connectivity index (χ0n) is 19.4. The Morgan fingerprint density at radius 2 is 1.05 bits per heavy atom. The van der Waals surface area contributed by atoms with E-state index in [0.29, 0.717) is 12.1 Å². The largest absolute Gasteiger partial charge is 0.462 e. The molecule has 0 saturated carbocycles. The van der Waals surface area contributed by atoms with Crippen LogP contribution in [0.5, 0.6) is 0 Å². The van der Waals surface area contributed by atoms with E-state index in [0.717, 1.165) is 12.1 Å². The van der Waals surface area contributed by atoms with Gasteiger partial charge >= 0.3 is 53.6 Å². The summed E-state index contributed by atoms with van der Waals surface area (Å²) in [5.74, 6) is -59.1. The van der Waals surface area contributed by atoms with Crippen molar-refractivity contribution >= 4 is 5.97 Å². The molecule has 0 fully saturated rings. The van der Waals surface area contributed by atoms with Crippen LogP contribution < -0.4 is 0 Å². The third-order valence-corrected chi connectivity index (χ3v) is 5.36. The molecule has 20 heteroatoms. The van der Waals surface area contributed by atoms with Gasteiger partial charge in [0.1, 0.15) is 0 Å². The van der Waals surface area contributed by atoms with Crippen LogP contribution in [0, 0.1) is 0 Å². The van der Waals surface area contributed by atoms with Gasteiger partial charge in [0.2, 0.25) is 0 Å². The predicted octanol–water partition coefficient (Wildman–Crippen LogP) is 7.47. The molecule has 1 rings (SSSR count). The van der Waals surface area contributed by atoms with E-state index in [1.54, 1.807) is 0 Å². The average molecular weight is 626 g/mol. The molecule has 0 amide bonds. The highest BCUT2D eigenvalue weighted by Gasteiger charge is 2.95. The molecule has 0 aliphatic heterocycles. The second-order valence-corrected chi connectivity index (χ2v) is 8.37. The van der Waals surface area contributed by atoms with Crippen molar-refractivity contribution in [1.82, 2.24) is 0 Å². The highest BCUT2D eigenvalue weighted by atomic mass is 19.4. The van der Waals surface area contributed by atoms with Gasteiger partial charge in [-0.1, -0.05) is 18.2 Å². The van der Waals surface area contributed by atoms with Gasteiger partial charge in [-0.05, 0) is 25.5 Å². The van der Waals surface area contributed by atoms with Crippen LogP contribution >= 0.6 is 0 Å². The summed E-state index contributed by atoms with van der Waals surface area (Å²) in [6.45, 7) is 0.911. The van der Waals surface area contributed by atoms with Crippen molar-refractivity contribution in [1.29, 1.82) is 0 Å². The molecule has 0 saturated heterocycles. The molecule has 0 aliphatic rings. The van der Waals surface area contributed by atoms with Crippen molar-refractivity contribution in [2.75, 3.05) is 6.61 Å². The van der Waals surface area contributed by atoms with Gasteiger partial charge in [0.25, 0.3) is 0 Å². The normalized spacial score (nSPS) is 16.5. The fourth-order valence-electron chi connectivity index (χ4n) is 3.17. The molecule has 1 aromatic rings. The molecule has 0 aromatic heterocycles. The number of hydrogen-bond donors (Lipinski definition) is 1. The van der Waals surface area contributed by atoms with E-state index >= 15 is 0 Å². The van der Waals surface area contributed by atoms with Crippen molar-refractivity contribution < 1.29 is 89.3 Å². The Bertz CT molecular complexity index is 1080. The van der Waals surface area contributed by atoms with Crippen LogP contribution in [0.4, 0.5) is 74.6 Å². The monoisotopic (exact) mass is 626 g/mol. The third-order valence-electron chi connectivity index (χ3n) is 5.36. The second-order valence-electron chi connectivity index (χ2n) is 8.37. The van der Waals surface area contributed by atoms with Gasteiger partial charge < -0.3 is 9.84 Å². The van der Waals surface area contributed by atoms with E-state index in [1.807, 2.05) is 0 Å². The predicted molar refractivity (Wildman–Crippen MR) is 97.3 cm³/mol. The molecule has 40 heavy (non-hydrogen) atoms. The maximum Gasteiger partial charge on any atom is 0.460 e. The average Bonchev–Trinajstić information content (AvgIpc) is 2.77. The third kappa shape index (κ3) is 5.15. The molecule has 0 heterocycles. The van der Waals surface area contributed by atoms with Gasteiger partial charge in [0.05, 0.1) is 24.2 Å². The number of rotatable bonds is 11. The molecule has 1 aromatic carbocycles. The minimum Gasteiger partial charge on any atom is -0.462 e. The van der Waals surface area contributed by atoms with E-state index < -0.39 is 83.4 Å². The number of carbonyl (C=O) groups excluding carboxylic acids is 1. The van der Waals surface area contributed by atoms with Crippen LogP contribution in [0.25, 0.3) is 0 Å². The van der Waals surface area contributed by atoms with Crippen LogP contribution in [-0.4, -0.2) is 65.3 Å². The topological polar surface area (TPSA) is 46.5 Å². The summed E-state index contributed by atoms with van der Waals surface area (Å²) >= 11 is 0. The van der Waals surface area contributed by atoms with Gasteiger partial charge in [-0.15, -0.1) is 0 Å². The molecule has 1 N–H and O–H groups in total. The Labute approximate surface area is 211 Å². The molecule has 0 spiro atoms. The number of benzene rings is 1. The minimum absolute atomic E-state index is 0.109. The van der Waals surface area contributed by atoms with E-state index in [1.165, 1.54) is 6.92 Å². The Hall–Kier alpha value is -2.54. The summed E-state index contributed by atoms with van der Waals surface area (Å²) < 4.78 is 233. The van der Waals surface area contributed by atoms with Crippen LogP contribution in [-0.2, 0) is 10.3 Å². The maximum absolute atomic E-state index is 14.4. The first-order chi connectivity index (χ1) is 17.4. The van der Waals surface area contributed by atoms with Gasteiger partial charge in [0.15, 0.2) is 0 Å². The minimum atomic E-state index is -8.75. The summed E-state index contributed by atoms with van der Waals surface area (Å²) in [4.78, 5) is 11.9. The highest BCUT2D eigenvalue weighted by Crippen LogP contribution is 2.64. The Morgan fingerprint density at radius 3 is 1.45 bits per heavy atom. The Morgan fingerprint density at radius 1 is 0.675 bits per heavy atom. The molecule has 1 unspecified atom stereocenters. The summed E-state index contributed by atoms with van der Waals surface area (Å²) in [5.41, 5.74) is -5.62. The molecule has 0 aliphatic carbocycles. The van der Waals surface area contributed by atoms with Crippen molar-refractivity contribution in [3.63, 3.8) is 0 Å². The molecular weight excluding hydrogens is 611 g/mol. The first-order valence-electron chi connectivity index (χ1n) is 10.1. The number of hydrogen-bond acceptors (Lipinski definition) is 3. The smallest absolute Gasteiger partial charge is 0.460 e. The van der Waals surface area contributed by atoms with E-state index in [4.69, 9.17) is 0 Å². The number of alkyl halides is 17. The molecular formula is C20H15F17O3. The Balaban J connectivity index is 3.67. The van der Waals surface area contributed by atoms with Crippen LogP contribution in [0.2, 0.25) is 0 Å². The van der Waals surface area contributed by atoms with Gasteiger partial charge in [-0.3, -0.25) is 0 Å². The van der Waals surface area contributed by atoms with Gasteiger partial charge in [-0.2, -0.15) is 74.6 Å². The standard InChI is InChI=1S/C20H15F17O3/c1-3-40-11(38)9-6-4-5-7-10(9)12(2,39)8-13(21,22)14(23,24)15(25,26)16(27,28)17(29,30)18(31,32)19(33,34)20(35,36)37/h4-7,39H,3,8H2,1-2H3. The lowest BCUT2D eigenvalue weighted by Crippen LogP contribution is -2.74. The zero-order valence-corrected chi connectivity index (χ0v) is 19.4. The lowest BCUT2D eigenvalue weighted by atomic mass is 9.82. The molecule has 0 bridgehead atoms. The van der Waals surface area contributed by atoms with Crippen LogP contribution in [0.15, 0.2) is 24.3 Å². The van der Waals surface area contributed by atoms with E-state index in [9.17, 15) is 84.5 Å². The number of halogens is 17. The summed E-state index contributed by atoms with van der Waals surface area (Å²) in [6, 6.07) is 3.08. The summed E-state index contributed by atoms with van der Waals surface area (Å²) in [6.07, 6.45) is -11.0. The van der Waals surface area contributed by atoms with Crippen LogP contribution in [0.3, 0.4) is 0 Å². The maximum atomic E-state index is 14.4. The zero-order chi connectivity index (χ0) is 32.2. The van der Waals surface area contributed by atoms with Crippen molar-refractivity contribution in [3.8, 4) is 0 Å². The quantitative estimate of drug-likeness (QED) is 0.205. The number of carbonyl (C=O) groups is 1. The number of aliphatic hydroxyl groups is 1. The van der Waals surface area contributed by atoms with E-state index in [-0.39, 0.29) is 6.92 Å². The van der Waals surface area contributed by atoms with Gasteiger partial charge in [0, 0.05) is 0 Å². The number of ether oxygens (including phenoxy) is 1. The first kappa shape index (κ1) is 35.5. The summed E-state index contributed by atoms with van der Waals surface area (Å²) in [5, 5.41) is 10.3. The lowest BCUT2D eigenvalue weighted by molar-refractivity contribution is -0.462. The first-order valence-corrected chi connectivity index (χ1v) is 10.1. The van der Waals surface area contributed by atoms with E-state index in [2.05, 4.69) is 4.74 Å². The lowest BCUT2D eigenvalue weighted by Gasteiger charge is -2.43. The Kier molecular flexibility index (Phi) is 8.94. The van der Waals surface area contributed by atoms with Gasteiger partial charge in [-0.25, -0.2) is 4.79 Å². The fraction of sp³-hybridized carbons (Fsp3) is 0.650. The second kappa shape index (κ2) is 10.1. The SMILES string of the molecule is CCOC(=O)c1ccccc1C(C)(O)CC(F)(F)C(F)(F)C(F)(F)C(F)(F)C(F)(F)C(F)(F)C(F)(F)C(F)(F)F. The summed E-state index contributed by atoms with van der Waals surface area (Å²) in [7, 11) is 0. The molecule has 1 atom stereocenters. The van der Waals surface area contributed by atoms with Crippen molar-refractivity contribution in [2.45, 2.75) is 73.5 Å². The molecule has 232 valence electrons. The number of esters is 1. The fourth-order valence-corrected chi connectivity index (χ4v) is 3.17. The van der Waals surface area contributed by atoms with Crippen molar-refractivity contribution in [3.05, 3.63) is 35.4 Å². The van der Waals surface area contributed by atoms with Crippen LogP contribution in [0.1, 0.15) is 36.2 Å². The highest BCUT2D eigenvalue weighted by molar-refractivity contribution is 5.91. The van der Waals surface area contributed by atoms with Crippen molar-refractivity contribution in [2.24, 2.45) is 0 Å². The molecule has 0 radical (unpaired) electrons.